The minimum atomic E-state index is -3.85. The number of carbonyl (C=O) groups is 2. The lowest BCUT2D eigenvalue weighted by Crippen LogP contribution is -2.40. The van der Waals surface area contributed by atoms with Gasteiger partial charge in [-0.25, -0.2) is 18.6 Å². The number of hydrazine groups is 1. The van der Waals surface area contributed by atoms with E-state index in [9.17, 15) is 18.0 Å². The largest absolute Gasteiger partial charge is 0.272 e. The number of benzene rings is 2. The van der Waals surface area contributed by atoms with E-state index >= 15 is 0 Å². The Balaban J connectivity index is 1.61. The summed E-state index contributed by atoms with van der Waals surface area (Å²) in [5, 5.41) is 8.58. The van der Waals surface area contributed by atoms with Crippen LogP contribution in [0.4, 0.5) is 0 Å². The smallest absolute Gasteiger partial charge is 0.257 e. The van der Waals surface area contributed by atoms with Crippen LogP contribution in [0.15, 0.2) is 53.4 Å². The number of hydrogen-bond donors (Lipinski definition) is 1. The van der Waals surface area contributed by atoms with Crippen molar-refractivity contribution in [3.63, 3.8) is 0 Å². The maximum absolute atomic E-state index is 13.3. The molecule has 4 rings (SSSR count). The van der Waals surface area contributed by atoms with Crippen LogP contribution < -0.4 is 5.14 Å². The standard InChI is InChI=1S/C23H27N3O4S/c1-2-15-25-21(27)23(13-5-6-14-23)22(28)26(25)16-17-9-11-18(12-10-17)19-7-3-4-8-20(19)31(24,29)30/h3-4,7-12H,2,5-6,13-16H2,1H3,(H2,24,29,30). The van der Waals surface area contributed by atoms with Crippen molar-refractivity contribution in [3.8, 4) is 11.1 Å². The number of amides is 2. The van der Waals surface area contributed by atoms with Gasteiger partial charge in [0.2, 0.25) is 10.0 Å². The molecule has 7 nitrogen and oxygen atoms in total. The zero-order chi connectivity index (χ0) is 22.2. The molecular formula is C23H27N3O4S. The Morgan fingerprint density at radius 1 is 0.935 bits per heavy atom. The molecule has 31 heavy (non-hydrogen) atoms. The monoisotopic (exact) mass is 441 g/mol. The lowest BCUT2D eigenvalue weighted by atomic mass is 9.85. The van der Waals surface area contributed by atoms with Gasteiger partial charge in [-0.1, -0.05) is 62.2 Å². The third-order valence-corrected chi connectivity index (χ3v) is 7.23. The first-order valence-electron chi connectivity index (χ1n) is 10.6. The van der Waals surface area contributed by atoms with Crippen molar-refractivity contribution < 1.29 is 18.0 Å². The van der Waals surface area contributed by atoms with E-state index in [1.165, 1.54) is 6.07 Å². The molecule has 2 aliphatic rings. The Morgan fingerprint density at radius 3 is 2.16 bits per heavy atom. The fraction of sp³-hybridized carbons (Fsp3) is 0.391. The van der Waals surface area contributed by atoms with Crippen LogP contribution in [-0.2, 0) is 26.2 Å². The van der Waals surface area contributed by atoms with Gasteiger partial charge in [-0.3, -0.25) is 14.6 Å². The number of nitrogens with two attached hydrogens (primary N) is 1. The normalized spacial score (nSPS) is 18.4. The molecule has 2 aromatic rings. The van der Waals surface area contributed by atoms with E-state index in [2.05, 4.69) is 0 Å². The second-order valence-electron chi connectivity index (χ2n) is 8.32. The molecule has 2 fully saturated rings. The highest BCUT2D eigenvalue weighted by atomic mass is 32.2. The van der Waals surface area contributed by atoms with Gasteiger partial charge in [0, 0.05) is 12.1 Å². The minimum Gasteiger partial charge on any atom is -0.272 e. The zero-order valence-corrected chi connectivity index (χ0v) is 18.4. The fourth-order valence-electron chi connectivity index (χ4n) is 4.72. The first kappa shape index (κ1) is 21.5. The maximum Gasteiger partial charge on any atom is 0.257 e. The molecule has 0 unspecified atom stereocenters. The fourth-order valence-corrected chi connectivity index (χ4v) is 5.48. The summed E-state index contributed by atoms with van der Waals surface area (Å²) in [7, 11) is -3.85. The molecule has 0 radical (unpaired) electrons. The molecule has 1 aliphatic carbocycles. The molecule has 2 N–H and O–H groups in total. The lowest BCUT2D eigenvalue weighted by molar-refractivity contribution is -0.148. The van der Waals surface area contributed by atoms with Crippen molar-refractivity contribution in [1.29, 1.82) is 0 Å². The van der Waals surface area contributed by atoms with Gasteiger partial charge >= 0.3 is 0 Å². The minimum absolute atomic E-state index is 0.0597. The van der Waals surface area contributed by atoms with Crippen LogP contribution in [0.5, 0.6) is 0 Å². The van der Waals surface area contributed by atoms with E-state index in [4.69, 9.17) is 5.14 Å². The first-order valence-corrected chi connectivity index (χ1v) is 12.2. The van der Waals surface area contributed by atoms with Gasteiger partial charge in [0.05, 0.1) is 11.4 Å². The molecular weight excluding hydrogens is 414 g/mol. The van der Waals surface area contributed by atoms with Crippen LogP contribution >= 0.6 is 0 Å². The highest BCUT2D eigenvalue weighted by Crippen LogP contribution is 2.46. The van der Waals surface area contributed by atoms with Crippen LogP contribution in [0.2, 0.25) is 0 Å². The molecule has 1 heterocycles. The van der Waals surface area contributed by atoms with Gasteiger partial charge in [-0.2, -0.15) is 0 Å². The van der Waals surface area contributed by atoms with Crippen molar-refractivity contribution in [3.05, 3.63) is 54.1 Å². The summed E-state index contributed by atoms with van der Waals surface area (Å²) in [5.41, 5.74) is 1.24. The molecule has 0 aromatic heterocycles. The van der Waals surface area contributed by atoms with Gasteiger partial charge < -0.3 is 0 Å². The summed E-state index contributed by atoms with van der Waals surface area (Å²) in [4.78, 5) is 26.4. The molecule has 0 bridgehead atoms. The Hall–Kier alpha value is -2.71. The summed E-state index contributed by atoms with van der Waals surface area (Å²) in [6, 6.07) is 13.9. The maximum atomic E-state index is 13.3. The van der Waals surface area contributed by atoms with Crippen LogP contribution in [0.1, 0.15) is 44.6 Å². The summed E-state index contributed by atoms with van der Waals surface area (Å²) in [6.07, 6.45) is 3.84. The zero-order valence-electron chi connectivity index (χ0n) is 17.6. The Labute approximate surface area is 182 Å². The van der Waals surface area contributed by atoms with Crippen molar-refractivity contribution in [2.24, 2.45) is 10.6 Å². The van der Waals surface area contributed by atoms with E-state index in [1.54, 1.807) is 28.2 Å². The van der Waals surface area contributed by atoms with Crippen LogP contribution in [-0.4, -0.2) is 36.8 Å². The SMILES string of the molecule is CCCN1C(=O)C2(CCCC2)C(=O)N1Cc1ccc(-c2ccccc2S(N)(=O)=O)cc1. The second kappa shape index (κ2) is 8.09. The predicted octanol–water partition coefficient (Wildman–Crippen LogP) is 3.06. The summed E-state index contributed by atoms with van der Waals surface area (Å²) in [5.74, 6) is -0.150. The number of primary sulfonamides is 1. The average molecular weight is 442 g/mol. The third kappa shape index (κ3) is 3.74. The van der Waals surface area contributed by atoms with Crippen molar-refractivity contribution in [1.82, 2.24) is 10.0 Å². The summed E-state index contributed by atoms with van der Waals surface area (Å²) in [6.45, 7) is 2.82. The average Bonchev–Trinajstić information content (AvgIpc) is 3.32. The van der Waals surface area contributed by atoms with E-state index in [1.807, 2.05) is 31.2 Å². The quantitative estimate of drug-likeness (QED) is 0.696. The van der Waals surface area contributed by atoms with Gasteiger partial charge in [-0.05, 0) is 36.5 Å². The van der Waals surface area contributed by atoms with Crippen molar-refractivity contribution in [2.75, 3.05) is 6.54 Å². The number of sulfonamides is 1. The van der Waals surface area contributed by atoms with E-state index in [0.717, 1.165) is 30.4 Å². The predicted molar refractivity (Wildman–Crippen MR) is 117 cm³/mol. The van der Waals surface area contributed by atoms with E-state index in [-0.39, 0.29) is 16.7 Å². The van der Waals surface area contributed by atoms with Crippen LogP contribution in [0.3, 0.4) is 0 Å². The Morgan fingerprint density at radius 2 is 1.55 bits per heavy atom. The van der Waals surface area contributed by atoms with Gasteiger partial charge in [0.1, 0.15) is 5.41 Å². The van der Waals surface area contributed by atoms with Crippen molar-refractivity contribution in [2.45, 2.75) is 50.5 Å². The topological polar surface area (TPSA) is 101 Å². The second-order valence-corrected chi connectivity index (χ2v) is 9.85. The highest BCUT2D eigenvalue weighted by molar-refractivity contribution is 7.89. The van der Waals surface area contributed by atoms with Gasteiger partial charge in [-0.15, -0.1) is 0 Å². The van der Waals surface area contributed by atoms with Crippen LogP contribution in [0.25, 0.3) is 11.1 Å². The molecule has 0 atom stereocenters. The van der Waals surface area contributed by atoms with E-state index < -0.39 is 15.4 Å². The number of carbonyl (C=O) groups excluding carboxylic acids is 2. The third-order valence-electron chi connectivity index (χ3n) is 6.26. The highest BCUT2D eigenvalue weighted by Gasteiger charge is 2.58. The van der Waals surface area contributed by atoms with Gasteiger partial charge in [0.15, 0.2) is 0 Å². The van der Waals surface area contributed by atoms with Crippen molar-refractivity contribution >= 4 is 21.8 Å². The lowest BCUT2D eigenvalue weighted by Gasteiger charge is -2.27. The molecule has 2 amide bonds. The van der Waals surface area contributed by atoms with Crippen LogP contribution in [0, 0.1) is 5.41 Å². The summed E-state index contributed by atoms with van der Waals surface area (Å²) >= 11 is 0. The Bertz CT molecular complexity index is 1110. The molecule has 1 aliphatic heterocycles. The number of rotatable bonds is 6. The Kier molecular flexibility index (Phi) is 5.61. The van der Waals surface area contributed by atoms with Gasteiger partial charge in [0.25, 0.3) is 11.8 Å². The molecule has 1 saturated carbocycles. The molecule has 1 saturated heterocycles. The molecule has 164 valence electrons. The number of nitrogens with zero attached hydrogens (tertiary/aromatic N) is 2. The molecule has 1 spiro atoms. The number of hydrogen-bond acceptors (Lipinski definition) is 4. The summed E-state index contributed by atoms with van der Waals surface area (Å²) < 4.78 is 23.8. The molecule has 2 aromatic carbocycles. The molecule has 8 heteroatoms. The first-order chi connectivity index (χ1) is 14.8. The van der Waals surface area contributed by atoms with E-state index in [0.29, 0.717) is 31.5 Å².